The van der Waals surface area contributed by atoms with Crippen molar-refractivity contribution in [2.45, 2.75) is 29.7 Å². The van der Waals surface area contributed by atoms with E-state index < -0.39 is 57.1 Å². The van der Waals surface area contributed by atoms with Crippen LogP contribution in [0.15, 0.2) is 76.6 Å². The van der Waals surface area contributed by atoms with Crippen molar-refractivity contribution >= 4 is 63.9 Å². The molecule has 1 saturated heterocycles. The summed E-state index contributed by atoms with van der Waals surface area (Å²) in [6.07, 6.45) is 0. The maximum atomic E-state index is 14.1. The molecular weight excluding hydrogens is 665 g/mol. The molecule has 6 rings (SSSR count). The summed E-state index contributed by atoms with van der Waals surface area (Å²) < 4.78 is 11.5. The van der Waals surface area contributed by atoms with E-state index in [0.29, 0.717) is 26.7 Å². The number of ether oxygens (including phenoxy) is 2. The van der Waals surface area contributed by atoms with Gasteiger partial charge in [-0.25, -0.2) is 9.69 Å². The van der Waals surface area contributed by atoms with Crippen molar-refractivity contribution in [1.29, 1.82) is 0 Å². The minimum absolute atomic E-state index is 0.118. The summed E-state index contributed by atoms with van der Waals surface area (Å²) in [7, 11) is 1.36. The van der Waals surface area contributed by atoms with Crippen LogP contribution >= 0.6 is 23.1 Å². The summed E-state index contributed by atoms with van der Waals surface area (Å²) in [5.74, 6) is -4.05. The largest absolute Gasteiger partial charge is 0.504 e. The second kappa shape index (κ2) is 13.0. The molecule has 3 heterocycles. The van der Waals surface area contributed by atoms with Gasteiger partial charge in [-0.05, 0) is 61.0 Å². The highest BCUT2D eigenvalue weighted by molar-refractivity contribution is 8.00. The molecule has 4 aromatic rings. The molecule has 2 unspecified atom stereocenters. The molecule has 3 aromatic carbocycles. The number of imide groups is 1. The molecule has 2 aliphatic rings. The van der Waals surface area contributed by atoms with Crippen molar-refractivity contribution in [3.63, 3.8) is 0 Å². The van der Waals surface area contributed by atoms with Crippen LogP contribution in [-0.4, -0.2) is 57.3 Å². The molecule has 0 saturated carbocycles. The Morgan fingerprint density at radius 1 is 1.02 bits per heavy atom. The quantitative estimate of drug-likeness (QED) is 0.111. The van der Waals surface area contributed by atoms with Crippen molar-refractivity contribution < 1.29 is 38.7 Å². The van der Waals surface area contributed by atoms with Crippen LogP contribution in [0, 0.1) is 16.0 Å². The van der Waals surface area contributed by atoms with Crippen LogP contribution in [0.5, 0.6) is 11.5 Å². The topological polar surface area (TPSA) is 187 Å². The average Bonchev–Trinajstić information content (AvgIpc) is 3.51. The zero-order chi connectivity index (χ0) is 34.3. The van der Waals surface area contributed by atoms with Gasteiger partial charge in [0.2, 0.25) is 17.7 Å². The van der Waals surface area contributed by atoms with Crippen molar-refractivity contribution in [3.8, 4) is 11.5 Å². The fraction of sp³-hybridized carbons (Fsp3) is 0.219. The smallest absolute Gasteiger partial charge is 0.338 e. The number of hydrogen-bond acceptors (Lipinski definition) is 12. The molecule has 2 aliphatic heterocycles. The molecule has 246 valence electrons. The van der Waals surface area contributed by atoms with E-state index in [4.69, 9.17) is 9.47 Å². The lowest BCUT2D eigenvalue weighted by Gasteiger charge is -2.31. The number of thiazole rings is 1. The van der Waals surface area contributed by atoms with Gasteiger partial charge in [-0.1, -0.05) is 29.2 Å². The van der Waals surface area contributed by atoms with Crippen LogP contribution < -0.4 is 19.8 Å². The number of nitrogens with zero attached hydrogens (tertiary/aromatic N) is 3. The number of aromatic nitrogens is 1. The molecule has 3 atom stereocenters. The minimum atomic E-state index is -1.01. The number of nitro groups is 1. The average molecular weight is 691 g/mol. The molecule has 2 N–H and O–H groups in total. The predicted molar refractivity (Wildman–Crippen MR) is 175 cm³/mol. The van der Waals surface area contributed by atoms with E-state index in [-0.39, 0.29) is 29.5 Å². The maximum Gasteiger partial charge on any atom is 0.338 e. The Morgan fingerprint density at radius 3 is 2.38 bits per heavy atom. The Hall–Kier alpha value is -5.48. The Kier molecular flexibility index (Phi) is 8.77. The Bertz CT molecular complexity index is 2020. The standard InChI is InChI=1S/C32H26N4O10S2/c1-3-46-31(41)16-4-7-18(8-5-16)33-23(38)15-34-30-27(48-32(34)42)24(17-6-13-21(37)22(14-17)45-2)25-26(47-30)29(40)35(28(25)39)19-9-11-20(12-10-19)36(43)44/h4-14,24-26,37H,3,15H2,1-2H3,(H,33,38)/t24-,25?,26?/m0/s1. The number of methoxy groups -OCH3 is 1. The fourth-order valence-electron chi connectivity index (χ4n) is 5.73. The summed E-state index contributed by atoms with van der Waals surface area (Å²) >= 11 is 1.85. The van der Waals surface area contributed by atoms with Crippen LogP contribution in [0.3, 0.4) is 0 Å². The number of phenols is 1. The number of nitrogens with one attached hydrogen (secondary N) is 1. The number of benzene rings is 3. The Morgan fingerprint density at radius 2 is 1.73 bits per heavy atom. The van der Waals surface area contributed by atoms with Gasteiger partial charge in [-0.3, -0.25) is 33.9 Å². The van der Waals surface area contributed by atoms with Crippen LogP contribution in [0.4, 0.5) is 17.1 Å². The Labute approximate surface area is 280 Å². The number of carbonyl (C=O) groups is 4. The number of amides is 3. The number of aromatic hydroxyl groups is 1. The lowest BCUT2D eigenvalue weighted by atomic mass is 9.83. The van der Waals surface area contributed by atoms with Crippen molar-refractivity contribution in [2.24, 2.45) is 5.92 Å². The van der Waals surface area contributed by atoms with Crippen molar-refractivity contribution in [3.05, 3.63) is 103 Å². The zero-order valence-electron chi connectivity index (χ0n) is 25.3. The second-order valence-electron chi connectivity index (χ2n) is 10.7. The van der Waals surface area contributed by atoms with Crippen LogP contribution in [0.2, 0.25) is 0 Å². The number of hydrogen-bond donors (Lipinski definition) is 2. The summed E-state index contributed by atoms with van der Waals surface area (Å²) in [6.45, 7) is 1.50. The van der Waals surface area contributed by atoms with E-state index >= 15 is 0 Å². The number of phenolic OH excluding ortho intramolecular Hbond substituents is 1. The number of esters is 1. The molecule has 1 fully saturated rings. The Balaban J connectivity index is 1.36. The van der Waals surface area contributed by atoms with Gasteiger partial charge in [0.15, 0.2) is 11.5 Å². The summed E-state index contributed by atoms with van der Waals surface area (Å²) in [6, 6.07) is 15.6. The molecule has 14 nitrogen and oxygen atoms in total. The highest BCUT2D eigenvalue weighted by Gasteiger charge is 2.57. The number of fused-ring (bicyclic) bond motifs is 2. The van der Waals surface area contributed by atoms with Crippen LogP contribution in [0.1, 0.15) is 33.6 Å². The number of nitro benzene ring substituents is 1. The first-order chi connectivity index (χ1) is 23.0. The molecule has 48 heavy (non-hydrogen) atoms. The van der Waals surface area contributed by atoms with Crippen LogP contribution in [0.25, 0.3) is 0 Å². The highest BCUT2D eigenvalue weighted by Crippen LogP contribution is 2.54. The van der Waals surface area contributed by atoms with E-state index in [2.05, 4.69) is 5.32 Å². The minimum Gasteiger partial charge on any atom is -0.504 e. The monoisotopic (exact) mass is 690 g/mol. The molecular formula is C32H26N4O10S2. The first-order valence-electron chi connectivity index (χ1n) is 14.5. The molecule has 0 bridgehead atoms. The highest BCUT2D eigenvalue weighted by atomic mass is 32.2. The van der Waals surface area contributed by atoms with Crippen LogP contribution in [-0.2, 0) is 25.7 Å². The second-order valence-corrected chi connectivity index (χ2v) is 12.9. The van der Waals surface area contributed by atoms with E-state index in [9.17, 15) is 39.2 Å². The lowest BCUT2D eigenvalue weighted by Crippen LogP contribution is -2.33. The molecule has 0 aliphatic carbocycles. The molecule has 0 spiro atoms. The first-order valence-corrected chi connectivity index (χ1v) is 16.2. The first kappa shape index (κ1) is 32.5. The van der Waals surface area contributed by atoms with Gasteiger partial charge in [0, 0.05) is 28.6 Å². The zero-order valence-corrected chi connectivity index (χ0v) is 26.9. The molecule has 16 heteroatoms. The molecule has 0 radical (unpaired) electrons. The van der Waals surface area contributed by atoms with E-state index in [1.54, 1.807) is 13.0 Å². The van der Waals surface area contributed by atoms with Crippen molar-refractivity contribution in [1.82, 2.24) is 4.57 Å². The van der Waals surface area contributed by atoms with E-state index in [1.165, 1.54) is 72.3 Å². The number of thioether (sulfide) groups is 1. The number of anilines is 2. The lowest BCUT2D eigenvalue weighted by molar-refractivity contribution is -0.384. The molecule has 1 aromatic heterocycles. The van der Waals surface area contributed by atoms with Gasteiger partial charge in [0.25, 0.3) is 5.69 Å². The number of non-ortho nitro benzene ring substituents is 1. The summed E-state index contributed by atoms with van der Waals surface area (Å²) in [5.41, 5.74) is 1.12. The van der Waals surface area contributed by atoms with E-state index in [0.717, 1.165) is 28.0 Å². The van der Waals surface area contributed by atoms with Gasteiger partial charge >= 0.3 is 10.8 Å². The fourth-order valence-corrected chi connectivity index (χ4v) is 8.50. The molecule has 3 amide bonds. The third-order valence-electron chi connectivity index (χ3n) is 7.91. The van der Waals surface area contributed by atoms with Gasteiger partial charge in [-0.2, -0.15) is 0 Å². The normalized spacial score (nSPS) is 18.2. The predicted octanol–water partition coefficient (Wildman–Crippen LogP) is 4.14. The van der Waals surface area contributed by atoms with Gasteiger partial charge in [-0.15, -0.1) is 0 Å². The van der Waals surface area contributed by atoms with Crippen molar-refractivity contribution in [2.75, 3.05) is 23.9 Å². The number of carbonyl (C=O) groups excluding carboxylic acids is 4. The third kappa shape index (κ3) is 5.79. The maximum absolute atomic E-state index is 14.1. The van der Waals surface area contributed by atoms with Gasteiger partial charge in [0.05, 0.1) is 40.8 Å². The van der Waals surface area contributed by atoms with Gasteiger partial charge < -0.3 is 19.9 Å². The van der Waals surface area contributed by atoms with E-state index in [1.807, 2.05) is 0 Å². The van der Waals surface area contributed by atoms with Gasteiger partial charge in [0.1, 0.15) is 11.8 Å². The number of rotatable bonds is 9. The summed E-state index contributed by atoms with van der Waals surface area (Å²) in [4.78, 5) is 78.1. The SMILES string of the molecule is CCOC(=O)c1ccc(NC(=O)Cn2c3c(sc2=O)[C@@H](c2ccc(O)c(OC)c2)C2C(=O)N(c4ccc([N+](=O)[O-])cc4)C(=O)C2S3)cc1. The third-order valence-corrected chi connectivity index (χ3v) is 10.5. The summed E-state index contributed by atoms with van der Waals surface area (Å²) in [5, 5.41) is 23.5.